The Morgan fingerprint density at radius 1 is 1.19 bits per heavy atom. The second-order valence-corrected chi connectivity index (χ2v) is 6.55. The van der Waals surface area contributed by atoms with Crippen LogP contribution in [-0.2, 0) is 4.79 Å². The van der Waals surface area contributed by atoms with Crippen LogP contribution in [0, 0.1) is 5.92 Å². The predicted molar refractivity (Wildman–Crippen MR) is 88.2 cm³/mol. The molecule has 21 heavy (non-hydrogen) atoms. The van der Waals surface area contributed by atoms with E-state index in [4.69, 9.17) is 5.73 Å². The third kappa shape index (κ3) is 6.32. The van der Waals surface area contributed by atoms with Crippen LogP contribution < -0.4 is 11.1 Å². The van der Waals surface area contributed by atoms with Crippen LogP contribution in [0.25, 0.3) is 0 Å². The quantitative estimate of drug-likeness (QED) is 0.699. The van der Waals surface area contributed by atoms with E-state index in [1.54, 1.807) is 0 Å². The fourth-order valence-electron chi connectivity index (χ4n) is 2.88. The van der Waals surface area contributed by atoms with Crippen molar-refractivity contribution in [2.45, 2.75) is 52.6 Å². The van der Waals surface area contributed by atoms with Gasteiger partial charge in [-0.1, -0.05) is 20.3 Å². The summed E-state index contributed by atoms with van der Waals surface area (Å²) < 4.78 is 0. The summed E-state index contributed by atoms with van der Waals surface area (Å²) in [5.74, 6) is 0.715. The Bertz CT molecular complexity index is 303. The van der Waals surface area contributed by atoms with Gasteiger partial charge in [-0.05, 0) is 32.7 Å². The molecule has 0 bridgehead atoms. The second-order valence-electron chi connectivity index (χ2n) is 6.55. The summed E-state index contributed by atoms with van der Waals surface area (Å²) in [4.78, 5) is 17.0. The number of carbonyl (C=O) groups is 1. The van der Waals surface area contributed by atoms with Crippen molar-refractivity contribution < 1.29 is 4.79 Å². The van der Waals surface area contributed by atoms with E-state index in [0.29, 0.717) is 5.92 Å². The molecule has 124 valence electrons. The highest BCUT2D eigenvalue weighted by molar-refractivity contribution is 5.81. The molecule has 5 nitrogen and oxygen atoms in total. The molecule has 0 radical (unpaired) electrons. The van der Waals surface area contributed by atoms with Crippen LogP contribution in [0.15, 0.2) is 0 Å². The number of hydrogen-bond acceptors (Lipinski definition) is 4. The molecule has 1 rings (SSSR count). The average Bonchev–Trinajstić information content (AvgIpc) is 2.47. The fourth-order valence-corrected chi connectivity index (χ4v) is 2.88. The lowest BCUT2D eigenvalue weighted by Crippen LogP contribution is -2.55. The van der Waals surface area contributed by atoms with Crippen molar-refractivity contribution in [1.29, 1.82) is 0 Å². The van der Waals surface area contributed by atoms with Gasteiger partial charge in [0.2, 0.25) is 5.91 Å². The first-order valence-corrected chi connectivity index (χ1v) is 8.44. The highest BCUT2D eigenvalue weighted by atomic mass is 16.2. The van der Waals surface area contributed by atoms with E-state index >= 15 is 0 Å². The topological polar surface area (TPSA) is 61.6 Å². The fraction of sp³-hybridized carbons (Fsp3) is 0.938. The van der Waals surface area contributed by atoms with Crippen LogP contribution in [0.2, 0.25) is 0 Å². The lowest BCUT2D eigenvalue weighted by atomic mass is 10.1. The number of piperazine rings is 1. The Labute approximate surface area is 130 Å². The standard InChI is InChI=1S/C16H34N4O/c1-5-6-14(3)18-16(21)15(4)20-9-7-19(8-10-20)12-13(2)11-17/h13-15H,5-12,17H2,1-4H3,(H,18,21). The number of nitrogens with one attached hydrogen (secondary N) is 1. The van der Waals surface area contributed by atoms with E-state index in [2.05, 4.69) is 35.9 Å². The average molecular weight is 298 g/mol. The summed E-state index contributed by atoms with van der Waals surface area (Å²) in [5, 5.41) is 3.12. The lowest BCUT2D eigenvalue weighted by molar-refractivity contribution is -0.127. The molecule has 0 aromatic rings. The number of carbonyl (C=O) groups excluding carboxylic acids is 1. The van der Waals surface area contributed by atoms with Crippen molar-refractivity contribution in [1.82, 2.24) is 15.1 Å². The minimum atomic E-state index is -0.0293. The molecule has 0 saturated carbocycles. The molecule has 1 aliphatic heterocycles. The smallest absolute Gasteiger partial charge is 0.237 e. The minimum Gasteiger partial charge on any atom is -0.352 e. The van der Waals surface area contributed by atoms with Gasteiger partial charge in [0.25, 0.3) is 0 Å². The molecule has 1 amide bonds. The maximum absolute atomic E-state index is 12.3. The molecule has 3 N–H and O–H groups in total. The Balaban J connectivity index is 2.34. The molecule has 3 unspecified atom stereocenters. The zero-order valence-corrected chi connectivity index (χ0v) is 14.3. The van der Waals surface area contributed by atoms with Crippen molar-refractivity contribution in [3.63, 3.8) is 0 Å². The Hall–Kier alpha value is -0.650. The summed E-state index contributed by atoms with van der Waals surface area (Å²) in [5.41, 5.74) is 5.69. The lowest BCUT2D eigenvalue weighted by Gasteiger charge is -2.38. The predicted octanol–water partition coefficient (Wildman–Crippen LogP) is 0.892. The highest BCUT2D eigenvalue weighted by Crippen LogP contribution is 2.09. The number of amides is 1. The molecule has 1 heterocycles. The van der Waals surface area contributed by atoms with Gasteiger partial charge in [-0.3, -0.25) is 9.69 Å². The first-order chi connectivity index (χ1) is 9.97. The Morgan fingerprint density at radius 3 is 2.33 bits per heavy atom. The minimum absolute atomic E-state index is 0.0293. The van der Waals surface area contributed by atoms with Crippen molar-refractivity contribution >= 4 is 5.91 Å². The largest absolute Gasteiger partial charge is 0.352 e. The van der Waals surface area contributed by atoms with Crippen molar-refractivity contribution in [2.75, 3.05) is 39.3 Å². The summed E-state index contributed by atoms with van der Waals surface area (Å²) >= 11 is 0. The molecule has 3 atom stereocenters. The first kappa shape index (κ1) is 18.4. The number of hydrogen-bond donors (Lipinski definition) is 2. The molecule has 0 spiro atoms. The number of nitrogens with two attached hydrogens (primary N) is 1. The van der Waals surface area contributed by atoms with Gasteiger partial charge in [-0.15, -0.1) is 0 Å². The normalized spacial score (nSPS) is 21.8. The first-order valence-electron chi connectivity index (χ1n) is 8.44. The van der Waals surface area contributed by atoms with Crippen LogP contribution in [0.5, 0.6) is 0 Å². The Morgan fingerprint density at radius 2 is 1.81 bits per heavy atom. The summed E-state index contributed by atoms with van der Waals surface area (Å²) in [6.45, 7) is 14.3. The van der Waals surface area contributed by atoms with Gasteiger partial charge in [0.1, 0.15) is 0 Å². The summed E-state index contributed by atoms with van der Waals surface area (Å²) in [6, 6.07) is 0.245. The van der Waals surface area contributed by atoms with Crippen LogP contribution in [-0.4, -0.2) is 67.1 Å². The van der Waals surface area contributed by atoms with Crippen molar-refractivity contribution in [2.24, 2.45) is 11.7 Å². The zero-order chi connectivity index (χ0) is 15.8. The van der Waals surface area contributed by atoms with Crippen LogP contribution in [0.4, 0.5) is 0 Å². The third-order valence-corrected chi connectivity index (χ3v) is 4.42. The van der Waals surface area contributed by atoms with E-state index in [0.717, 1.165) is 52.1 Å². The third-order valence-electron chi connectivity index (χ3n) is 4.42. The van der Waals surface area contributed by atoms with Crippen molar-refractivity contribution in [3.05, 3.63) is 0 Å². The van der Waals surface area contributed by atoms with E-state index in [-0.39, 0.29) is 18.0 Å². The van der Waals surface area contributed by atoms with Gasteiger partial charge < -0.3 is 16.0 Å². The summed E-state index contributed by atoms with van der Waals surface area (Å²) in [6.07, 6.45) is 2.15. The van der Waals surface area contributed by atoms with Gasteiger partial charge in [0.05, 0.1) is 6.04 Å². The molecular weight excluding hydrogens is 264 g/mol. The maximum atomic E-state index is 12.3. The molecule has 1 saturated heterocycles. The van der Waals surface area contributed by atoms with Crippen LogP contribution >= 0.6 is 0 Å². The van der Waals surface area contributed by atoms with Gasteiger partial charge in [0.15, 0.2) is 0 Å². The SMILES string of the molecule is CCCC(C)NC(=O)C(C)N1CCN(CC(C)CN)CC1. The van der Waals surface area contributed by atoms with E-state index in [1.807, 2.05) is 6.92 Å². The number of rotatable bonds is 8. The molecule has 1 fully saturated rings. The van der Waals surface area contributed by atoms with Crippen LogP contribution in [0.1, 0.15) is 40.5 Å². The van der Waals surface area contributed by atoms with Crippen LogP contribution in [0.3, 0.4) is 0 Å². The maximum Gasteiger partial charge on any atom is 0.237 e. The van der Waals surface area contributed by atoms with E-state index in [9.17, 15) is 4.79 Å². The molecule has 1 aliphatic rings. The van der Waals surface area contributed by atoms with Gasteiger partial charge >= 0.3 is 0 Å². The number of nitrogens with zero attached hydrogens (tertiary/aromatic N) is 2. The molecule has 0 aliphatic carbocycles. The highest BCUT2D eigenvalue weighted by Gasteiger charge is 2.26. The molecule has 5 heteroatoms. The zero-order valence-electron chi connectivity index (χ0n) is 14.3. The van der Waals surface area contributed by atoms with Gasteiger partial charge in [-0.25, -0.2) is 0 Å². The van der Waals surface area contributed by atoms with E-state index in [1.165, 1.54) is 0 Å². The summed E-state index contributed by atoms with van der Waals surface area (Å²) in [7, 11) is 0. The van der Waals surface area contributed by atoms with Crippen molar-refractivity contribution in [3.8, 4) is 0 Å². The Kier molecular flexibility index (Phi) is 8.22. The molecule has 0 aromatic carbocycles. The molecular formula is C16H34N4O. The van der Waals surface area contributed by atoms with Gasteiger partial charge in [-0.2, -0.15) is 0 Å². The monoisotopic (exact) mass is 298 g/mol. The molecule has 0 aromatic heterocycles. The second kappa shape index (κ2) is 9.38. The van der Waals surface area contributed by atoms with Gasteiger partial charge in [0, 0.05) is 38.8 Å². The van der Waals surface area contributed by atoms with E-state index < -0.39 is 0 Å².